The van der Waals surface area contributed by atoms with E-state index in [4.69, 9.17) is 10.3 Å². The number of cyclic esters (lactones) is 1. The monoisotopic (exact) mass is 246 g/mol. The van der Waals surface area contributed by atoms with Gasteiger partial charge in [0, 0.05) is 22.6 Å². The lowest BCUT2D eigenvalue weighted by molar-refractivity contribution is -0.139. The maximum atomic E-state index is 11.8. The quantitative estimate of drug-likeness (QED) is 0.379. The van der Waals surface area contributed by atoms with Crippen molar-refractivity contribution in [1.29, 1.82) is 0 Å². The Morgan fingerprint density at radius 2 is 2.39 bits per heavy atom. The maximum absolute atomic E-state index is 11.8. The molecule has 0 aliphatic carbocycles. The van der Waals surface area contributed by atoms with Crippen LogP contribution in [0.1, 0.15) is 16.8 Å². The van der Waals surface area contributed by atoms with Gasteiger partial charge in [0.2, 0.25) is 0 Å². The topological polar surface area (TPSA) is 104 Å². The summed E-state index contributed by atoms with van der Waals surface area (Å²) in [5.74, 6) is -0.816. The standard InChI is InChI=1S/C11H10N4O3/c12-15-14-8-3-1-2-7(6-8)10(16)13-9-4-5-18-11(9)17/h1-3,6,9H,4-5H2,(H,13,16)/t9-/m0/s1. The summed E-state index contributed by atoms with van der Waals surface area (Å²) < 4.78 is 4.74. The lowest BCUT2D eigenvalue weighted by Crippen LogP contribution is -2.37. The lowest BCUT2D eigenvalue weighted by Gasteiger charge is -2.08. The number of benzene rings is 1. The number of hydrogen-bond donors (Lipinski definition) is 1. The van der Waals surface area contributed by atoms with Crippen LogP contribution in [-0.2, 0) is 9.53 Å². The van der Waals surface area contributed by atoms with Gasteiger partial charge in [0.15, 0.2) is 0 Å². The first kappa shape index (κ1) is 11.9. The number of hydrogen-bond acceptors (Lipinski definition) is 4. The molecule has 2 rings (SSSR count). The van der Waals surface area contributed by atoms with E-state index in [-0.39, 0.29) is 0 Å². The number of nitrogens with zero attached hydrogens (tertiary/aromatic N) is 3. The molecule has 0 spiro atoms. The molecule has 7 nitrogen and oxygen atoms in total. The summed E-state index contributed by atoms with van der Waals surface area (Å²) in [4.78, 5) is 25.7. The van der Waals surface area contributed by atoms with E-state index in [1.807, 2.05) is 0 Å². The highest BCUT2D eigenvalue weighted by atomic mass is 16.5. The minimum absolute atomic E-state index is 0.322. The molecular weight excluding hydrogens is 236 g/mol. The van der Waals surface area contributed by atoms with Gasteiger partial charge in [0.25, 0.3) is 5.91 Å². The molecule has 1 aliphatic rings. The molecule has 0 saturated carbocycles. The van der Waals surface area contributed by atoms with Crippen molar-refractivity contribution in [2.24, 2.45) is 5.11 Å². The molecule has 1 N–H and O–H groups in total. The van der Waals surface area contributed by atoms with E-state index in [9.17, 15) is 9.59 Å². The van der Waals surface area contributed by atoms with Crippen molar-refractivity contribution in [3.05, 3.63) is 40.3 Å². The number of carbonyl (C=O) groups excluding carboxylic acids is 2. The van der Waals surface area contributed by atoms with Crippen LogP contribution in [0.5, 0.6) is 0 Å². The van der Waals surface area contributed by atoms with Crippen molar-refractivity contribution in [2.45, 2.75) is 12.5 Å². The Kier molecular flexibility index (Phi) is 3.45. The molecule has 1 aliphatic heterocycles. The van der Waals surface area contributed by atoms with E-state index < -0.39 is 17.9 Å². The van der Waals surface area contributed by atoms with E-state index in [1.165, 1.54) is 6.07 Å². The van der Waals surface area contributed by atoms with Gasteiger partial charge in [-0.05, 0) is 17.7 Å². The Morgan fingerprint density at radius 1 is 1.56 bits per heavy atom. The Labute approximate surface area is 102 Å². The Balaban J connectivity index is 2.11. The minimum Gasteiger partial charge on any atom is -0.464 e. The zero-order chi connectivity index (χ0) is 13.0. The molecule has 18 heavy (non-hydrogen) atoms. The van der Waals surface area contributed by atoms with Crippen molar-refractivity contribution in [3.63, 3.8) is 0 Å². The van der Waals surface area contributed by atoms with Crippen LogP contribution in [0.15, 0.2) is 29.4 Å². The second kappa shape index (κ2) is 5.20. The average molecular weight is 246 g/mol. The van der Waals surface area contributed by atoms with Gasteiger partial charge in [-0.1, -0.05) is 17.2 Å². The molecule has 0 aromatic heterocycles. The van der Waals surface area contributed by atoms with E-state index in [0.29, 0.717) is 24.3 Å². The third kappa shape index (κ3) is 2.58. The van der Waals surface area contributed by atoms with Gasteiger partial charge >= 0.3 is 5.97 Å². The smallest absolute Gasteiger partial charge is 0.328 e. The number of rotatable bonds is 3. The summed E-state index contributed by atoms with van der Waals surface area (Å²) in [7, 11) is 0. The largest absolute Gasteiger partial charge is 0.464 e. The first-order valence-electron chi connectivity index (χ1n) is 5.33. The predicted molar refractivity (Wildman–Crippen MR) is 62.1 cm³/mol. The fourth-order valence-corrected chi connectivity index (χ4v) is 1.63. The fourth-order valence-electron chi connectivity index (χ4n) is 1.63. The Bertz CT molecular complexity index is 537. The van der Waals surface area contributed by atoms with E-state index in [1.54, 1.807) is 18.2 Å². The van der Waals surface area contributed by atoms with Gasteiger partial charge in [0.05, 0.1) is 6.61 Å². The third-order valence-corrected chi connectivity index (χ3v) is 2.51. The second-order valence-electron chi connectivity index (χ2n) is 3.72. The van der Waals surface area contributed by atoms with Crippen molar-refractivity contribution in [3.8, 4) is 0 Å². The predicted octanol–water partition coefficient (Wildman–Crippen LogP) is 1.67. The zero-order valence-electron chi connectivity index (χ0n) is 9.37. The number of nitrogens with one attached hydrogen (secondary N) is 1. The minimum atomic E-state index is -0.597. The SMILES string of the molecule is [N-]=[N+]=Nc1cccc(C(=O)N[C@H]2CCOC2=O)c1. The van der Waals surface area contributed by atoms with Gasteiger partial charge in [-0.15, -0.1) is 0 Å². The Hall–Kier alpha value is -2.53. The van der Waals surface area contributed by atoms with Crippen LogP contribution < -0.4 is 5.32 Å². The fraction of sp³-hybridized carbons (Fsp3) is 0.273. The molecule has 1 amide bonds. The van der Waals surface area contributed by atoms with Crippen LogP contribution in [0.25, 0.3) is 10.4 Å². The van der Waals surface area contributed by atoms with Crippen LogP contribution >= 0.6 is 0 Å². The Morgan fingerprint density at radius 3 is 3.06 bits per heavy atom. The molecule has 1 atom stereocenters. The second-order valence-corrected chi connectivity index (χ2v) is 3.72. The zero-order valence-corrected chi connectivity index (χ0v) is 9.37. The highest BCUT2D eigenvalue weighted by Gasteiger charge is 2.28. The summed E-state index contributed by atoms with van der Waals surface area (Å²) in [6.07, 6.45) is 0.473. The summed E-state index contributed by atoms with van der Waals surface area (Å²) in [5.41, 5.74) is 8.99. The van der Waals surface area contributed by atoms with Crippen LogP contribution in [0, 0.1) is 0 Å². The molecular formula is C11H10N4O3. The molecule has 7 heteroatoms. The highest BCUT2D eigenvalue weighted by Crippen LogP contribution is 2.15. The molecule has 0 unspecified atom stereocenters. The van der Waals surface area contributed by atoms with E-state index in [0.717, 1.165) is 0 Å². The molecule has 1 saturated heterocycles. The number of amides is 1. The summed E-state index contributed by atoms with van der Waals surface area (Å²) in [5, 5.41) is 5.97. The van der Waals surface area contributed by atoms with Crippen LogP contribution in [0.3, 0.4) is 0 Å². The van der Waals surface area contributed by atoms with Crippen molar-refractivity contribution >= 4 is 17.6 Å². The molecule has 1 heterocycles. The molecule has 92 valence electrons. The summed E-state index contributed by atoms with van der Waals surface area (Å²) in [6.45, 7) is 0.322. The van der Waals surface area contributed by atoms with E-state index in [2.05, 4.69) is 15.3 Å². The summed E-state index contributed by atoms with van der Waals surface area (Å²) in [6, 6.07) is 5.62. The number of azide groups is 1. The lowest BCUT2D eigenvalue weighted by atomic mass is 10.1. The van der Waals surface area contributed by atoms with Gasteiger partial charge < -0.3 is 10.1 Å². The molecule has 1 fully saturated rings. The molecule has 0 bridgehead atoms. The highest BCUT2D eigenvalue weighted by molar-refractivity contribution is 5.97. The van der Waals surface area contributed by atoms with Crippen molar-refractivity contribution in [1.82, 2.24) is 5.32 Å². The first-order chi connectivity index (χ1) is 8.70. The number of ether oxygens (including phenoxy) is 1. The average Bonchev–Trinajstić information content (AvgIpc) is 2.76. The van der Waals surface area contributed by atoms with Crippen LogP contribution in [0.4, 0.5) is 5.69 Å². The molecule has 0 radical (unpaired) electrons. The van der Waals surface area contributed by atoms with Gasteiger partial charge in [-0.2, -0.15) is 0 Å². The number of carbonyl (C=O) groups is 2. The molecule has 1 aromatic carbocycles. The van der Waals surface area contributed by atoms with Gasteiger partial charge in [-0.25, -0.2) is 4.79 Å². The van der Waals surface area contributed by atoms with Gasteiger partial charge in [-0.3, -0.25) is 4.79 Å². The third-order valence-electron chi connectivity index (χ3n) is 2.51. The number of esters is 1. The van der Waals surface area contributed by atoms with E-state index >= 15 is 0 Å². The molecule has 1 aromatic rings. The van der Waals surface area contributed by atoms with Gasteiger partial charge in [0.1, 0.15) is 6.04 Å². The first-order valence-corrected chi connectivity index (χ1v) is 5.33. The van der Waals surface area contributed by atoms with Crippen molar-refractivity contribution in [2.75, 3.05) is 6.61 Å². The maximum Gasteiger partial charge on any atom is 0.328 e. The van der Waals surface area contributed by atoms with Crippen LogP contribution in [-0.4, -0.2) is 24.5 Å². The normalized spacial score (nSPS) is 17.8. The summed E-state index contributed by atoms with van der Waals surface area (Å²) >= 11 is 0. The van der Waals surface area contributed by atoms with Crippen molar-refractivity contribution < 1.29 is 14.3 Å². The van der Waals surface area contributed by atoms with Crippen LogP contribution in [0.2, 0.25) is 0 Å².